The molecule has 0 bridgehead atoms. The van der Waals surface area contributed by atoms with Gasteiger partial charge in [0, 0.05) is 6.04 Å². The number of carboxylic acids is 1. The van der Waals surface area contributed by atoms with Crippen molar-refractivity contribution in [2.75, 3.05) is 13.1 Å². The molecule has 1 amide bonds. The number of carbonyl (C=O) groups excluding carboxylic acids is 1. The summed E-state index contributed by atoms with van der Waals surface area (Å²) in [4.78, 5) is 22.9. The molecular weight excluding hydrogens is 256 g/mol. The zero-order chi connectivity index (χ0) is 15.0. The van der Waals surface area contributed by atoms with Gasteiger partial charge in [0.1, 0.15) is 0 Å². The van der Waals surface area contributed by atoms with E-state index in [1.807, 2.05) is 6.92 Å². The Bertz CT molecular complexity index is 320. The van der Waals surface area contributed by atoms with Crippen molar-refractivity contribution in [3.8, 4) is 0 Å². The second-order valence-electron chi connectivity index (χ2n) is 5.88. The molecule has 0 aliphatic heterocycles. The molecule has 3 atom stereocenters. The fourth-order valence-electron chi connectivity index (χ4n) is 2.98. The van der Waals surface area contributed by atoms with Crippen LogP contribution in [-0.2, 0) is 9.59 Å². The second-order valence-corrected chi connectivity index (χ2v) is 5.88. The van der Waals surface area contributed by atoms with Crippen LogP contribution in [0.5, 0.6) is 0 Å². The van der Waals surface area contributed by atoms with Gasteiger partial charge in [-0.05, 0) is 38.6 Å². The largest absolute Gasteiger partial charge is 0.481 e. The van der Waals surface area contributed by atoms with Crippen molar-refractivity contribution in [2.45, 2.75) is 58.4 Å². The van der Waals surface area contributed by atoms with Crippen molar-refractivity contribution in [3.63, 3.8) is 0 Å². The number of carboxylic acid groups (broad SMARTS) is 1. The van der Waals surface area contributed by atoms with Gasteiger partial charge in [0.2, 0.25) is 5.91 Å². The zero-order valence-corrected chi connectivity index (χ0v) is 12.7. The van der Waals surface area contributed by atoms with Crippen LogP contribution in [-0.4, -0.2) is 36.1 Å². The quantitative estimate of drug-likeness (QED) is 0.635. The molecule has 0 aromatic heterocycles. The summed E-state index contributed by atoms with van der Waals surface area (Å²) in [6.07, 6.45) is 5.84. The maximum absolute atomic E-state index is 11.7. The molecule has 1 aliphatic rings. The molecule has 5 heteroatoms. The fraction of sp³-hybridized carbons (Fsp3) is 0.867. The molecule has 3 N–H and O–H groups in total. The first-order valence-electron chi connectivity index (χ1n) is 7.77. The normalized spacial score (nSPS) is 24.1. The highest BCUT2D eigenvalue weighted by molar-refractivity contribution is 5.78. The summed E-state index contributed by atoms with van der Waals surface area (Å²) in [7, 11) is 0. The third-order valence-electron chi connectivity index (χ3n) is 4.05. The highest BCUT2D eigenvalue weighted by atomic mass is 16.4. The highest BCUT2D eigenvalue weighted by Crippen LogP contribution is 2.29. The predicted molar refractivity (Wildman–Crippen MR) is 78.5 cm³/mol. The van der Waals surface area contributed by atoms with E-state index in [9.17, 15) is 14.7 Å². The molecule has 1 aliphatic carbocycles. The van der Waals surface area contributed by atoms with Crippen LogP contribution in [0.25, 0.3) is 0 Å². The molecule has 1 rings (SSSR count). The van der Waals surface area contributed by atoms with E-state index >= 15 is 0 Å². The van der Waals surface area contributed by atoms with E-state index in [1.165, 1.54) is 0 Å². The standard InChI is InChI=1S/C15H28N2O3/c1-3-6-11(2)17-14(18)10-16-9-12-7-4-5-8-13(12)15(19)20/h11-13,16H,3-10H2,1-2H3,(H,17,18)(H,19,20). The van der Waals surface area contributed by atoms with E-state index in [0.717, 1.165) is 38.5 Å². The Morgan fingerprint density at radius 2 is 2.00 bits per heavy atom. The van der Waals surface area contributed by atoms with E-state index in [0.29, 0.717) is 6.54 Å². The van der Waals surface area contributed by atoms with Crippen LogP contribution in [0.3, 0.4) is 0 Å². The van der Waals surface area contributed by atoms with Crippen molar-refractivity contribution in [1.29, 1.82) is 0 Å². The van der Waals surface area contributed by atoms with Gasteiger partial charge in [-0.1, -0.05) is 26.2 Å². The topological polar surface area (TPSA) is 78.4 Å². The van der Waals surface area contributed by atoms with Crippen molar-refractivity contribution in [3.05, 3.63) is 0 Å². The minimum atomic E-state index is -0.697. The van der Waals surface area contributed by atoms with Crippen LogP contribution in [0.15, 0.2) is 0 Å². The van der Waals surface area contributed by atoms with Gasteiger partial charge in [0.05, 0.1) is 12.5 Å². The predicted octanol–water partition coefficient (Wildman–Crippen LogP) is 1.77. The average molecular weight is 284 g/mol. The van der Waals surface area contributed by atoms with Crippen LogP contribution < -0.4 is 10.6 Å². The molecule has 0 aromatic carbocycles. The first-order chi connectivity index (χ1) is 9.54. The van der Waals surface area contributed by atoms with Crippen LogP contribution >= 0.6 is 0 Å². The molecule has 0 aromatic rings. The molecule has 3 unspecified atom stereocenters. The van der Waals surface area contributed by atoms with Crippen molar-refractivity contribution < 1.29 is 14.7 Å². The smallest absolute Gasteiger partial charge is 0.306 e. The Balaban J connectivity index is 2.25. The first-order valence-corrected chi connectivity index (χ1v) is 7.77. The third kappa shape index (κ3) is 5.90. The van der Waals surface area contributed by atoms with Crippen LogP contribution in [0.4, 0.5) is 0 Å². The van der Waals surface area contributed by atoms with Crippen molar-refractivity contribution >= 4 is 11.9 Å². The second kappa shape index (κ2) is 8.95. The number of hydrogen-bond donors (Lipinski definition) is 3. The van der Waals surface area contributed by atoms with Gasteiger partial charge in [0.25, 0.3) is 0 Å². The van der Waals surface area contributed by atoms with Gasteiger partial charge in [-0.3, -0.25) is 9.59 Å². The molecule has 0 radical (unpaired) electrons. The number of nitrogens with one attached hydrogen (secondary N) is 2. The molecule has 0 heterocycles. The Morgan fingerprint density at radius 1 is 1.30 bits per heavy atom. The maximum Gasteiger partial charge on any atom is 0.306 e. The molecular formula is C15H28N2O3. The van der Waals surface area contributed by atoms with E-state index in [-0.39, 0.29) is 30.3 Å². The van der Waals surface area contributed by atoms with E-state index in [1.54, 1.807) is 0 Å². The van der Waals surface area contributed by atoms with E-state index < -0.39 is 5.97 Å². The van der Waals surface area contributed by atoms with Gasteiger partial charge in [-0.25, -0.2) is 0 Å². The van der Waals surface area contributed by atoms with Crippen molar-refractivity contribution in [2.24, 2.45) is 11.8 Å². The summed E-state index contributed by atoms with van der Waals surface area (Å²) in [5, 5.41) is 15.2. The van der Waals surface area contributed by atoms with Gasteiger partial charge in [0.15, 0.2) is 0 Å². The van der Waals surface area contributed by atoms with E-state index in [4.69, 9.17) is 0 Å². The Kier molecular flexibility index (Phi) is 7.59. The SMILES string of the molecule is CCCC(C)NC(=O)CNCC1CCCCC1C(=O)O. The number of amides is 1. The lowest BCUT2D eigenvalue weighted by molar-refractivity contribution is -0.144. The molecule has 5 nitrogen and oxygen atoms in total. The van der Waals surface area contributed by atoms with E-state index in [2.05, 4.69) is 17.6 Å². The monoisotopic (exact) mass is 284 g/mol. The Labute approximate surface area is 121 Å². The summed E-state index contributed by atoms with van der Waals surface area (Å²) in [5.41, 5.74) is 0. The van der Waals surface area contributed by atoms with Gasteiger partial charge >= 0.3 is 5.97 Å². The van der Waals surface area contributed by atoms with Gasteiger partial charge < -0.3 is 15.7 Å². The summed E-state index contributed by atoms with van der Waals surface area (Å²) < 4.78 is 0. The Hall–Kier alpha value is -1.10. The average Bonchev–Trinajstić information content (AvgIpc) is 2.39. The van der Waals surface area contributed by atoms with Crippen LogP contribution in [0.1, 0.15) is 52.4 Å². The number of hydrogen-bond acceptors (Lipinski definition) is 3. The van der Waals surface area contributed by atoms with Gasteiger partial charge in [-0.15, -0.1) is 0 Å². The summed E-state index contributed by atoms with van der Waals surface area (Å²) >= 11 is 0. The minimum absolute atomic E-state index is 0.00589. The first kappa shape index (κ1) is 17.0. The van der Waals surface area contributed by atoms with Crippen LogP contribution in [0, 0.1) is 11.8 Å². The number of aliphatic carboxylic acids is 1. The molecule has 0 spiro atoms. The lowest BCUT2D eigenvalue weighted by atomic mass is 9.79. The fourth-order valence-corrected chi connectivity index (χ4v) is 2.98. The minimum Gasteiger partial charge on any atom is -0.481 e. The lowest BCUT2D eigenvalue weighted by Gasteiger charge is -2.28. The third-order valence-corrected chi connectivity index (χ3v) is 4.05. The summed E-state index contributed by atoms with van der Waals surface area (Å²) in [6, 6.07) is 0.204. The molecule has 0 saturated heterocycles. The molecule has 1 saturated carbocycles. The molecule has 1 fully saturated rings. The van der Waals surface area contributed by atoms with Gasteiger partial charge in [-0.2, -0.15) is 0 Å². The molecule has 20 heavy (non-hydrogen) atoms. The van der Waals surface area contributed by atoms with Crippen molar-refractivity contribution in [1.82, 2.24) is 10.6 Å². The maximum atomic E-state index is 11.7. The number of rotatable bonds is 8. The Morgan fingerprint density at radius 3 is 2.65 bits per heavy atom. The number of carbonyl (C=O) groups is 2. The summed E-state index contributed by atoms with van der Waals surface area (Å²) in [5.74, 6) is -0.799. The highest BCUT2D eigenvalue weighted by Gasteiger charge is 2.30. The summed E-state index contributed by atoms with van der Waals surface area (Å²) in [6.45, 7) is 4.99. The van der Waals surface area contributed by atoms with Crippen LogP contribution in [0.2, 0.25) is 0 Å². The molecule has 116 valence electrons. The lowest BCUT2D eigenvalue weighted by Crippen LogP contribution is -2.42. The zero-order valence-electron chi connectivity index (χ0n) is 12.7.